The Morgan fingerprint density at radius 2 is 0.849 bits per heavy atom. The number of hydrogen-bond donors (Lipinski definition) is 1. The molecule has 0 amide bonds. The van der Waals surface area contributed by atoms with Crippen molar-refractivity contribution in [1.82, 2.24) is 0 Å². The van der Waals surface area contributed by atoms with Crippen LogP contribution in [0.15, 0.2) is 85.1 Å². The number of carbonyl (C=O) groups is 1. The zero-order valence-electron chi connectivity index (χ0n) is 34.8. The van der Waals surface area contributed by atoms with Crippen molar-refractivity contribution in [2.45, 2.75) is 200 Å². The summed E-state index contributed by atoms with van der Waals surface area (Å²) in [6.07, 6.45) is 63.7. The highest BCUT2D eigenvalue weighted by Crippen LogP contribution is 2.13. The largest absolute Gasteiger partial charge is 0.457 e. The van der Waals surface area contributed by atoms with E-state index in [0.29, 0.717) is 13.0 Å². The van der Waals surface area contributed by atoms with Gasteiger partial charge in [-0.3, -0.25) is 4.79 Å². The van der Waals surface area contributed by atoms with E-state index in [1.807, 2.05) is 0 Å². The first-order valence-corrected chi connectivity index (χ1v) is 22.2. The number of rotatable bonds is 40. The van der Waals surface area contributed by atoms with Crippen molar-refractivity contribution in [2.75, 3.05) is 19.8 Å². The third kappa shape index (κ3) is 43.9. The summed E-state index contributed by atoms with van der Waals surface area (Å²) in [5.74, 6) is -0.259. The van der Waals surface area contributed by atoms with E-state index in [4.69, 9.17) is 9.47 Å². The first-order valence-electron chi connectivity index (χ1n) is 22.2. The molecule has 4 nitrogen and oxygen atoms in total. The quantitative estimate of drug-likeness (QED) is 0.0387. The number of allylic oxidation sites excluding steroid dienone is 14. The summed E-state index contributed by atoms with van der Waals surface area (Å²) in [5.41, 5.74) is 0. The highest BCUT2D eigenvalue weighted by molar-refractivity contribution is 5.69. The van der Waals surface area contributed by atoms with E-state index < -0.39 is 6.10 Å². The molecular formula is C49H84O4. The molecule has 0 bridgehead atoms. The molecule has 4 heteroatoms. The fourth-order valence-electron chi connectivity index (χ4n) is 5.92. The standard InChI is InChI=1S/C49H84O4/c1-3-5-7-9-11-13-15-17-19-21-22-23-24-25-26-27-29-31-33-35-37-39-41-43-45-52-47-48(46-50)53-49(51)44-42-40-38-36-34-32-30-28-20-18-16-14-12-10-8-6-4-2/h6,8,12,14-15,17-18,20-22,30,32,36,38,48,50H,3-5,7,9-11,13,16,19,23-29,31,33-35,37,39-47H2,1-2H3/b8-6-,14-12-,17-15-,20-18-,22-21-,32-30-,38-36-. The molecule has 0 fully saturated rings. The molecule has 1 atom stereocenters. The van der Waals surface area contributed by atoms with Crippen LogP contribution in [0.1, 0.15) is 194 Å². The molecule has 304 valence electrons. The molecule has 0 aromatic heterocycles. The van der Waals surface area contributed by atoms with Crippen LogP contribution >= 0.6 is 0 Å². The molecule has 0 heterocycles. The first-order chi connectivity index (χ1) is 26.2. The topological polar surface area (TPSA) is 55.8 Å². The van der Waals surface area contributed by atoms with Gasteiger partial charge in [0.1, 0.15) is 6.10 Å². The van der Waals surface area contributed by atoms with Crippen LogP contribution in [0, 0.1) is 0 Å². The number of aliphatic hydroxyl groups excluding tert-OH is 1. The van der Waals surface area contributed by atoms with Crippen LogP contribution in [-0.2, 0) is 14.3 Å². The van der Waals surface area contributed by atoms with Crippen LogP contribution in [0.5, 0.6) is 0 Å². The van der Waals surface area contributed by atoms with Gasteiger partial charge in [0.15, 0.2) is 0 Å². The van der Waals surface area contributed by atoms with E-state index in [-0.39, 0.29) is 19.2 Å². The number of hydrogen-bond acceptors (Lipinski definition) is 4. The van der Waals surface area contributed by atoms with E-state index in [1.165, 1.54) is 116 Å². The smallest absolute Gasteiger partial charge is 0.306 e. The molecule has 0 saturated heterocycles. The lowest BCUT2D eigenvalue weighted by Gasteiger charge is -2.15. The Labute approximate surface area is 329 Å². The van der Waals surface area contributed by atoms with Gasteiger partial charge in [0.2, 0.25) is 0 Å². The SMILES string of the molecule is CC/C=C\C/C=C\C/C=C\C/C=C\C/C=C\CCCC(=O)OC(CO)COCCCCCCCCCCCCCC/C=C\C/C=C\CCCCCCC. The van der Waals surface area contributed by atoms with Crippen molar-refractivity contribution in [1.29, 1.82) is 0 Å². The van der Waals surface area contributed by atoms with Gasteiger partial charge < -0.3 is 14.6 Å². The van der Waals surface area contributed by atoms with Crippen LogP contribution in [0.2, 0.25) is 0 Å². The maximum Gasteiger partial charge on any atom is 0.306 e. The normalized spacial score (nSPS) is 13.2. The van der Waals surface area contributed by atoms with Crippen LogP contribution in [-0.4, -0.2) is 37.0 Å². The fourth-order valence-corrected chi connectivity index (χ4v) is 5.92. The van der Waals surface area contributed by atoms with E-state index in [1.54, 1.807) is 0 Å². The second-order valence-electron chi connectivity index (χ2n) is 14.4. The molecule has 0 aromatic rings. The Bertz CT molecular complexity index is 954. The lowest BCUT2D eigenvalue weighted by atomic mass is 10.0. The lowest BCUT2D eigenvalue weighted by molar-refractivity contribution is -0.154. The third-order valence-corrected chi connectivity index (χ3v) is 9.20. The van der Waals surface area contributed by atoms with Crippen LogP contribution in [0.4, 0.5) is 0 Å². The molecule has 0 rings (SSSR count). The van der Waals surface area contributed by atoms with E-state index in [9.17, 15) is 9.90 Å². The summed E-state index contributed by atoms with van der Waals surface area (Å²) >= 11 is 0. The monoisotopic (exact) mass is 737 g/mol. The van der Waals surface area contributed by atoms with Gasteiger partial charge >= 0.3 is 5.97 Å². The van der Waals surface area contributed by atoms with E-state index in [2.05, 4.69) is 98.9 Å². The van der Waals surface area contributed by atoms with Gasteiger partial charge in [-0.25, -0.2) is 0 Å². The molecule has 53 heavy (non-hydrogen) atoms. The Morgan fingerprint density at radius 3 is 1.28 bits per heavy atom. The van der Waals surface area contributed by atoms with Crippen molar-refractivity contribution < 1.29 is 19.4 Å². The minimum absolute atomic E-state index is 0.199. The van der Waals surface area contributed by atoms with Gasteiger partial charge in [-0.2, -0.15) is 0 Å². The van der Waals surface area contributed by atoms with Gasteiger partial charge in [-0.1, -0.05) is 189 Å². The maximum atomic E-state index is 12.2. The minimum atomic E-state index is -0.569. The van der Waals surface area contributed by atoms with E-state index >= 15 is 0 Å². The van der Waals surface area contributed by atoms with Crippen molar-refractivity contribution in [3.8, 4) is 0 Å². The van der Waals surface area contributed by atoms with Crippen LogP contribution in [0.25, 0.3) is 0 Å². The highest BCUT2D eigenvalue weighted by Gasteiger charge is 2.13. The second-order valence-corrected chi connectivity index (χ2v) is 14.4. The molecule has 0 saturated carbocycles. The van der Waals surface area contributed by atoms with Gasteiger partial charge in [0.25, 0.3) is 0 Å². The third-order valence-electron chi connectivity index (χ3n) is 9.20. The summed E-state index contributed by atoms with van der Waals surface area (Å²) in [6.45, 7) is 5.15. The van der Waals surface area contributed by atoms with Gasteiger partial charge in [0, 0.05) is 13.0 Å². The molecular weight excluding hydrogens is 653 g/mol. The van der Waals surface area contributed by atoms with Crippen molar-refractivity contribution in [3.05, 3.63) is 85.1 Å². The van der Waals surface area contributed by atoms with Crippen LogP contribution < -0.4 is 0 Å². The predicted octanol–water partition coefficient (Wildman–Crippen LogP) is 14.8. The number of ether oxygens (including phenoxy) is 2. The summed E-state index contributed by atoms with van der Waals surface area (Å²) < 4.78 is 11.1. The molecule has 0 radical (unpaired) electrons. The second kappa shape index (κ2) is 45.7. The average Bonchev–Trinajstić information content (AvgIpc) is 3.16. The van der Waals surface area contributed by atoms with Gasteiger partial charge in [-0.15, -0.1) is 0 Å². The summed E-state index contributed by atoms with van der Waals surface area (Å²) in [4.78, 5) is 12.2. The summed E-state index contributed by atoms with van der Waals surface area (Å²) in [7, 11) is 0. The van der Waals surface area contributed by atoms with Gasteiger partial charge in [0.05, 0.1) is 13.2 Å². The molecule has 0 aliphatic carbocycles. The number of unbranched alkanes of at least 4 members (excludes halogenated alkanes) is 18. The molecule has 1 unspecified atom stereocenters. The average molecular weight is 737 g/mol. The predicted molar refractivity (Wildman–Crippen MR) is 232 cm³/mol. The Kier molecular flexibility index (Phi) is 43.6. The maximum absolute atomic E-state index is 12.2. The Morgan fingerprint density at radius 1 is 0.472 bits per heavy atom. The lowest BCUT2D eigenvalue weighted by Crippen LogP contribution is -2.27. The molecule has 1 N–H and O–H groups in total. The zero-order valence-corrected chi connectivity index (χ0v) is 34.8. The highest BCUT2D eigenvalue weighted by atomic mass is 16.6. The van der Waals surface area contributed by atoms with Crippen LogP contribution in [0.3, 0.4) is 0 Å². The number of esters is 1. The summed E-state index contributed by atoms with van der Waals surface area (Å²) in [5, 5.41) is 9.60. The minimum Gasteiger partial charge on any atom is -0.457 e. The van der Waals surface area contributed by atoms with Crippen molar-refractivity contribution in [3.63, 3.8) is 0 Å². The fraction of sp³-hybridized carbons (Fsp3) is 0.694. The molecule has 0 spiro atoms. The van der Waals surface area contributed by atoms with Crippen molar-refractivity contribution in [2.24, 2.45) is 0 Å². The van der Waals surface area contributed by atoms with E-state index in [0.717, 1.165) is 57.8 Å². The number of aliphatic hydroxyl groups is 1. The zero-order chi connectivity index (χ0) is 38.4. The van der Waals surface area contributed by atoms with Gasteiger partial charge in [-0.05, 0) is 83.5 Å². The molecule has 0 aromatic carbocycles. The number of carbonyl (C=O) groups excluding carboxylic acids is 1. The molecule has 0 aliphatic rings. The van der Waals surface area contributed by atoms with Crippen molar-refractivity contribution >= 4 is 5.97 Å². The molecule has 0 aliphatic heterocycles. The summed E-state index contributed by atoms with van der Waals surface area (Å²) in [6, 6.07) is 0. The Hall–Kier alpha value is -2.43. The Balaban J connectivity index is 3.51. The first kappa shape index (κ1) is 50.6.